The standard InChI is InChI=1S/C15H9ClFN3O2/c16-10-8-9(4-5-11(10)17)12-2-1-3-13(19-12)14(21)20-15-18-6-7-22-15/h1-8H,(H,18,20,21). The number of oxazole rings is 1. The van der Waals surface area contributed by atoms with Gasteiger partial charge in [0.1, 0.15) is 17.8 Å². The molecular weight excluding hydrogens is 309 g/mol. The molecule has 0 atom stereocenters. The lowest BCUT2D eigenvalue weighted by Crippen LogP contribution is -2.14. The molecule has 2 aromatic heterocycles. The zero-order valence-corrected chi connectivity index (χ0v) is 11.8. The largest absolute Gasteiger partial charge is 0.432 e. The van der Waals surface area contributed by atoms with Gasteiger partial charge < -0.3 is 4.42 Å². The van der Waals surface area contributed by atoms with Crippen molar-refractivity contribution in [1.82, 2.24) is 9.97 Å². The SMILES string of the molecule is O=C(Nc1ncco1)c1cccc(-c2ccc(F)c(Cl)c2)n1. The lowest BCUT2D eigenvalue weighted by atomic mass is 10.1. The molecule has 3 rings (SSSR count). The summed E-state index contributed by atoms with van der Waals surface area (Å²) in [6, 6.07) is 9.25. The van der Waals surface area contributed by atoms with E-state index in [0.29, 0.717) is 11.3 Å². The van der Waals surface area contributed by atoms with Gasteiger partial charge in [-0.2, -0.15) is 0 Å². The number of rotatable bonds is 3. The minimum Gasteiger partial charge on any atom is -0.432 e. The first kappa shape index (κ1) is 14.2. The summed E-state index contributed by atoms with van der Waals surface area (Å²) in [5.74, 6) is -0.972. The van der Waals surface area contributed by atoms with Crippen molar-refractivity contribution < 1.29 is 13.6 Å². The predicted octanol–water partition coefficient (Wildman–Crippen LogP) is 3.78. The molecule has 0 saturated heterocycles. The van der Waals surface area contributed by atoms with Gasteiger partial charge in [0.15, 0.2) is 0 Å². The van der Waals surface area contributed by atoms with Crippen LogP contribution in [0.5, 0.6) is 0 Å². The van der Waals surface area contributed by atoms with E-state index in [-0.39, 0.29) is 16.7 Å². The van der Waals surface area contributed by atoms with Gasteiger partial charge in [0.05, 0.1) is 16.9 Å². The van der Waals surface area contributed by atoms with Crippen molar-refractivity contribution in [3.63, 3.8) is 0 Å². The molecule has 0 aliphatic heterocycles. The van der Waals surface area contributed by atoms with Gasteiger partial charge in [0.25, 0.3) is 5.91 Å². The number of pyridine rings is 1. The number of amides is 1. The maximum atomic E-state index is 13.2. The number of hydrogen-bond donors (Lipinski definition) is 1. The van der Waals surface area contributed by atoms with Gasteiger partial charge in [0.2, 0.25) is 0 Å². The fourth-order valence-electron chi connectivity index (χ4n) is 1.82. The Bertz CT molecular complexity index is 821. The molecule has 5 nitrogen and oxygen atoms in total. The monoisotopic (exact) mass is 317 g/mol. The Morgan fingerprint density at radius 1 is 1.27 bits per heavy atom. The first-order valence-electron chi connectivity index (χ1n) is 6.27. The summed E-state index contributed by atoms with van der Waals surface area (Å²) in [4.78, 5) is 20.1. The van der Waals surface area contributed by atoms with Gasteiger partial charge in [0, 0.05) is 5.56 Å². The highest BCUT2D eigenvalue weighted by Crippen LogP contribution is 2.23. The molecule has 110 valence electrons. The second-order valence-corrected chi connectivity index (χ2v) is 4.74. The van der Waals surface area contributed by atoms with Gasteiger partial charge in [-0.25, -0.2) is 14.4 Å². The highest BCUT2D eigenvalue weighted by Gasteiger charge is 2.12. The zero-order valence-electron chi connectivity index (χ0n) is 11.1. The fourth-order valence-corrected chi connectivity index (χ4v) is 2.00. The maximum absolute atomic E-state index is 13.2. The molecule has 22 heavy (non-hydrogen) atoms. The van der Waals surface area contributed by atoms with Crippen LogP contribution in [0.15, 0.2) is 53.3 Å². The Labute approximate surface area is 129 Å². The van der Waals surface area contributed by atoms with Crippen LogP contribution in [-0.2, 0) is 0 Å². The van der Waals surface area contributed by atoms with Gasteiger partial charge in [-0.05, 0) is 30.3 Å². The van der Waals surface area contributed by atoms with E-state index < -0.39 is 11.7 Å². The highest BCUT2D eigenvalue weighted by atomic mass is 35.5. The molecule has 2 heterocycles. The van der Waals surface area contributed by atoms with Crippen molar-refractivity contribution in [2.45, 2.75) is 0 Å². The van der Waals surface area contributed by atoms with Crippen LogP contribution in [0.4, 0.5) is 10.4 Å². The number of benzene rings is 1. The number of nitrogens with one attached hydrogen (secondary N) is 1. The molecular formula is C15H9ClFN3O2. The maximum Gasteiger partial charge on any atom is 0.301 e. The summed E-state index contributed by atoms with van der Waals surface area (Å²) in [6.07, 6.45) is 2.76. The van der Waals surface area contributed by atoms with Gasteiger partial charge in [-0.1, -0.05) is 17.7 Å². The quantitative estimate of drug-likeness (QED) is 0.798. The summed E-state index contributed by atoms with van der Waals surface area (Å²) in [5, 5.41) is 2.47. The highest BCUT2D eigenvalue weighted by molar-refractivity contribution is 6.31. The minimum absolute atomic E-state index is 0.00561. The van der Waals surface area contributed by atoms with Crippen molar-refractivity contribution in [1.29, 1.82) is 0 Å². The van der Waals surface area contributed by atoms with Gasteiger partial charge >= 0.3 is 6.01 Å². The number of carbonyl (C=O) groups is 1. The summed E-state index contributed by atoms with van der Waals surface area (Å²) in [5.41, 5.74) is 1.29. The first-order valence-corrected chi connectivity index (χ1v) is 6.64. The minimum atomic E-state index is -0.511. The third kappa shape index (κ3) is 2.96. The predicted molar refractivity (Wildman–Crippen MR) is 79.1 cm³/mol. The van der Waals surface area contributed by atoms with Crippen molar-refractivity contribution in [3.05, 3.63) is 65.4 Å². The van der Waals surface area contributed by atoms with Crippen molar-refractivity contribution >= 4 is 23.5 Å². The Morgan fingerprint density at radius 3 is 2.86 bits per heavy atom. The van der Waals surface area contributed by atoms with E-state index in [1.54, 1.807) is 24.3 Å². The van der Waals surface area contributed by atoms with Crippen LogP contribution in [0.3, 0.4) is 0 Å². The number of aromatic nitrogens is 2. The number of carbonyl (C=O) groups excluding carboxylic acids is 1. The summed E-state index contributed by atoms with van der Waals surface area (Å²) >= 11 is 5.76. The average molecular weight is 318 g/mol. The van der Waals surface area contributed by atoms with Crippen molar-refractivity contribution in [3.8, 4) is 11.3 Å². The molecule has 1 amide bonds. The van der Waals surface area contributed by atoms with E-state index in [0.717, 1.165) is 0 Å². The Morgan fingerprint density at radius 2 is 2.14 bits per heavy atom. The van der Waals surface area contributed by atoms with Crippen LogP contribution >= 0.6 is 11.6 Å². The second kappa shape index (κ2) is 5.95. The number of hydrogen-bond acceptors (Lipinski definition) is 4. The van der Waals surface area contributed by atoms with E-state index in [2.05, 4.69) is 15.3 Å². The molecule has 0 spiro atoms. The Hall–Kier alpha value is -2.73. The molecule has 3 aromatic rings. The normalized spacial score (nSPS) is 10.5. The third-order valence-corrected chi connectivity index (χ3v) is 3.14. The molecule has 0 aliphatic carbocycles. The summed E-state index contributed by atoms with van der Waals surface area (Å²) in [7, 11) is 0. The lowest BCUT2D eigenvalue weighted by Gasteiger charge is -2.05. The van der Waals surface area contributed by atoms with Crippen molar-refractivity contribution in [2.24, 2.45) is 0 Å². The smallest absolute Gasteiger partial charge is 0.301 e. The van der Waals surface area contributed by atoms with Crippen LogP contribution in [0.25, 0.3) is 11.3 Å². The van der Waals surface area contributed by atoms with Crippen molar-refractivity contribution in [2.75, 3.05) is 5.32 Å². The van der Waals surface area contributed by atoms with Gasteiger partial charge in [-0.15, -0.1) is 0 Å². The van der Waals surface area contributed by atoms with Crippen LogP contribution in [0, 0.1) is 5.82 Å². The third-order valence-electron chi connectivity index (χ3n) is 2.85. The van der Waals surface area contributed by atoms with E-state index >= 15 is 0 Å². The Kier molecular flexibility index (Phi) is 3.84. The molecule has 0 fully saturated rings. The fraction of sp³-hybridized carbons (Fsp3) is 0. The topological polar surface area (TPSA) is 68.0 Å². The average Bonchev–Trinajstić information content (AvgIpc) is 3.03. The van der Waals surface area contributed by atoms with E-state index in [9.17, 15) is 9.18 Å². The molecule has 0 saturated carbocycles. The molecule has 1 N–H and O–H groups in total. The van der Waals surface area contributed by atoms with E-state index in [1.807, 2.05) is 0 Å². The molecule has 0 bridgehead atoms. The second-order valence-electron chi connectivity index (χ2n) is 4.33. The summed E-state index contributed by atoms with van der Waals surface area (Å²) < 4.78 is 18.1. The molecule has 0 aliphatic rings. The molecule has 7 heteroatoms. The first-order chi connectivity index (χ1) is 10.6. The molecule has 1 aromatic carbocycles. The van der Waals surface area contributed by atoms with Crippen LogP contribution in [0.1, 0.15) is 10.5 Å². The van der Waals surface area contributed by atoms with E-state index in [4.69, 9.17) is 16.0 Å². The molecule has 0 unspecified atom stereocenters. The van der Waals surface area contributed by atoms with E-state index in [1.165, 1.54) is 24.6 Å². The van der Waals surface area contributed by atoms with Crippen LogP contribution < -0.4 is 5.32 Å². The summed E-state index contributed by atoms with van der Waals surface area (Å²) in [6.45, 7) is 0. The van der Waals surface area contributed by atoms with Crippen LogP contribution in [-0.4, -0.2) is 15.9 Å². The van der Waals surface area contributed by atoms with Crippen LogP contribution in [0.2, 0.25) is 5.02 Å². The number of anilines is 1. The lowest BCUT2D eigenvalue weighted by molar-refractivity contribution is 0.101. The van der Waals surface area contributed by atoms with Gasteiger partial charge in [-0.3, -0.25) is 10.1 Å². The number of halogens is 2. The zero-order chi connectivity index (χ0) is 15.5. The Balaban J connectivity index is 1.88. The number of nitrogens with zero attached hydrogens (tertiary/aromatic N) is 2. The molecule has 0 radical (unpaired) electrons.